The van der Waals surface area contributed by atoms with Gasteiger partial charge in [0.1, 0.15) is 5.75 Å². The number of halogens is 2. The van der Waals surface area contributed by atoms with Crippen LogP contribution in [0, 0.1) is 0 Å². The highest BCUT2D eigenvalue weighted by molar-refractivity contribution is 9.10. The van der Waals surface area contributed by atoms with E-state index in [-0.39, 0.29) is 0 Å². The van der Waals surface area contributed by atoms with Gasteiger partial charge >= 0.3 is 0 Å². The summed E-state index contributed by atoms with van der Waals surface area (Å²) in [6.07, 6.45) is 0. The van der Waals surface area contributed by atoms with Crippen LogP contribution in [0.4, 0.5) is 10.8 Å². The van der Waals surface area contributed by atoms with Gasteiger partial charge in [-0.1, -0.05) is 38.9 Å². The predicted molar refractivity (Wildman–Crippen MR) is 88.6 cm³/mol. The van der Waals surface area contributed by atoms with Crippen LogP contribution in [-0.4, -0.2) is 12.1 Å². The third kappa shape index (κ3) is 2.75. The lowest BCUT2D eigenvalue weighted by molar-refractivity contribution is 0.415. The van der Waals surface area contributed by atoms with E-state index in [1.807, 2.05) is 36.4 Å². The van der Waals surface area contributed by atoms with E-state index < -0.39 is 0 Å². The Labute approximate surface area is 133 Å². The third-order valence-electron chi connectivity index (χ3n) is 2.77. The third-order valence-corrected chi connectivity index (χ3v) is 4.52. The molecular weight excluding hydrogens is 360 g/mol. The maximum absolute atomic E-state index is 6.17. The number of benzene rings is 2. The molecule has 0 saturated heterocycles. The van der Waals surface area contributed by atoms with Gasteiger partial charge in [-0.15, -0.1) is 0 Å². The summed E-state index contributed by atoms with van der Waals surface area (Å²) < 4.78 is 7.25. The van der Waals surface area contributed by atoms with Crippen LogP contribution in [0.1, 0.15) is 0 Å². The van der Waals surface area contributed by atoms with Crippen molar-refractivity contribution >= 4 is 59.9 Å². The molecule has 0 spiro atoms. The van der Waals surface area contributed by atoms with Crippen LogP contribution in [0.15, 0.2) is 40.9 Å². The molecule has 2 aromatic carbocycles. The number of anilines is 2. The van der Waals surface area contributed by atoms with Crippen molar-refractivity contribution in [3.63, 3.8) is 0 Å². The van der Waals surface area contributed by atoms with Crippen LogP contribution in [-0.2, 0) is 0 Å². The minimum absolute atomic E-state index is 0.657. The van der Waals surface area contributed by atoms with Gasteiger partial charge in [0.05, 0.1) is 28.0 Å². The molecule has 0 fully saturated rings. The van der Waals surface area contributed by atoms with Gasteiger partial charge in [-0.3, -0.25) is 0 Å². The van der Waals surface area contributed by atoms with E-state index in [4.69, 9.17) is 16.3 Å². The molecule has 102 valence electrons. The minimum atomic E-state index is 0.657. The van der Waals surface area contributed by atoms with Gasteiger partial charge in [0, 0.05) is 4.47 Å². The van der Waals surface area contributed by atoms with Crippen LogP contribution in [0.25, 0.3) is 10.2 Å². The summed E-state index contributed by atoms with van der Waals surface area (Å²) in [5, 5.41) is 4.70. The predicted octanol–water partition coefficient (Wildman–Crippen LogP) is 5.46. The van der Waals surface area contributed by atoms with Crippen molar-refractivity contribution in [2.75, 3.05) is 12.4 Å². The molecule has 1 heterocycles. The van der Waals surface area contributed by atoms with Gasteiger partial charge in [-0.2, -0.15) is 0 Å². The highest BCUT2D eigenvalue weighted by atomic mass is 79.9. The Morgan fingerprint density at radius 3 is 2.90 bits per heavy atom. The molecule has 0 saturated carbocycles. The fourth-order valence-electron chi connectivity index (χ4n) is 1.79. The van der Waals surface area contributed by atoms with E-state index in [9.17, 15) is 0 Å². The van der Waals surface area contributed by atoms with Crippen molar-refractivity contribution in [1.82, 2.24) is 4.98 Å². The fraction of sp³-hybridized carbons (Fsp3) is 0.0714. The maximum Gasteiger partial charge on any atom is 0.188 e. The van der Waals surface area contributed by atoms with Crippen molar-refractivity contribution in [3.8, 4) is 5.75 Å². The number of methoxy groups -OCH3 is 1. The number of ether oxygens (including phenoxy) is 1. The number of nitrogens with zero attached hydrogens (tertiary/aromatic N) is 1. The second-order valence-electron chi connectivity index (χ2n) is 4.10. The first kappa shape index (κ1) is 13.7. The summed E-state index contributed by atoms with van der Waals surface area (Å²) in [5.74, 6) is 0.827. The SMILES string of the molecule is COc1ccc2nc(Nc3cc(Br)ccc3Cl)sc2c1. The zero-order chi connectivity index (χ0) is 14.1. The maximum atomic E-state index is 6.17. The van der Waals surface area contributed by atoms with E-state index in [1.165, 1.54) is 0 Å². The van der Waals surface area contributed by atoms with E-state index in [2.05, 4.69) is 26.2 Å². The molecule has 0 atom stereocenters. The molecule has 0 aliphatic carbocycles. The highest BCUT2D eigenvalue weighted by Crippen LogP contribution is 2.33. The molecule has 0 aliphatic heterocycles. The van der Waals surface area contributed by atoms with Crippen LogP contribution >= 0.6 is 38.9 Å². The molecule has 0 radical (unpaired) electrons. The van der Waals surface area contributed by atoms with Gasteiger partial charge in [-0.25, -0.2) is 4.98 Å². The average Bonchev–Trinajstić information content (AvgIpc) is 2.84. The van der Waals surface area contributed by atoms with E-state index in [0.717, 1.165) is 31.3 Å². The number of rotatable bonds is 3. The lowest BCUT2D eigenvalue weighted by Gasteiger charge is -2.05. The first-order valence-corrected chi connectivity index (χ1v) is 7.81. The Bertz CT molecular complexity index is 775. The van der Waals surface area contributed by atoms with Crippen LogP contribution < -0.4 is 10.1 Å². The number of fused-ring (bicyclic) bond motifs is 1. The summed E-state index contributed by atoms with van der Waals surface area (Å²) >= 11 is 11.2. The van der Waals surface area contributed by atoms with Gasteiger partial charge in [-0.05, 0) is 36.4 Å². The summed E-state index contributed by atoms with van der Waals surface area (Å²) in [7, 11) is 1.66. The lowest BCUT2D eigenvalue weighted by atomic mass is 10.3. The number of nitrogens with one attached hydrogen (secondary N) is 1. The van der Waals surface area contributed by atoms with Gasteiger partial charge in [0.15, 0.2) is 5.13 Å². The highest BCUT2D eigenvalue weighted by Gasteiger charge is 2.07. The molecule has 3 nitrogen and oxygen atoms in total. The molecule has 0 amide bonds. The van der Waals surface area contributed by atoms with Gasteiger partial charge in [0.25, 0.3) is 0 Å². The number of hydrogen-bond donors (Lipinski definition) is 1. The molecule has 1 aromatic heterocycles. The molecule has 3 aromatic rings. The first-order valence-electron chi connectivity index (χ1n) is 5.82. The zero-order valence-electron chi connectivity index (χ0n) is 10.5. The first-order chi connectivity index (χ1) is 9.65. The largest absolute Gasteiger partial charge is 0.497 e. The smallest absolute Gasteiger partial charge is 0.188 e. The molecule has 20 heavy (non-hydrogen) atoms. The molecule has 6 heteroatoms. The van der Waals surface area contributed by atoms with E-state index in [1.54, 1.807) is 18.4 Å². The number of aromatic nitrogens is 1. The van der Waals surface area contributed by atoms with Crippen LogP contribution in [0.5, 0.6) is 5.75 Å². The lowest BCUT2D eigenvalue weighted by Crippen LogP contribution is -1.90. The number of thiazole rings is 1. The fourth-order valence-corrected chi connectivity index (χ4v) is 3.23. The zero-order valence-corrected chi connectivity index (χ0v) is 13.6. The van der Waals surface area contributed by atoms with Crippen LogP contribution in [0.2, 0.25) is 5.02 Å². The van der Waals surface area contributed by atoms with E-state index >= 15 is 0 Å². The topological polar surface area (TPSA) is 34.1 Å². The minimum Gasteiger partial charge on any atom is -0.497 e. The second-order valence-corrected chi connectivity index (χ2v) is 6.46. The summed E-state index contributed by atoms with van der Waals surface area (Å²) in [5.41, 5.74) is 1.76. The van der Waals surface area contributed by atoms with Crippen molar-refractivity contribution < 1.29 is 4.74 Å². The normalized spacial score (nSPS) is 10.8. The summed E-state index contributed by atoms with van der Waals surface area (Å²) in [6, 6.07) is 11.5. The van der Waals surface area contributed by atoms with Crippen LogP contribution in [0.3, 0.4) is 0 Å². The Morgan fingerprint density at radius 1 is 1.25 bits per heavy atom. The Balaban J connectivity index is 1.96. The Morgan fingerprint density at radius 2 is 2.10 bits per heavy atom. The van der Waals surface area contributed by atoms with E-state index in [0.29, 0.717) is 5.02 Å². The Kier molecular flexibility index (Phi) is 3.83. The Hall–Kier alpha value is -1.30. The van der Waals surface area contributed by atoms with Crippen molar-refractivity contribution in [3.05, 3.63) is 45.9 Å². The number of hydrogen-bond acceptors (Lipinski definition) is 4. The van der Waals surface area contributed by atoms with Crippen molar-refractivity contribution in [2.45, 2.75) is 0 Å². The average molecular weight is 370 g/mol. The molecule has 0 unspecified atom stereocenters. The molecule has 1 N–H and O–H groups in total. The second kappa shape index (κ2) is 5.60. The van der Waals surface area contributed by atoms with Gasteiger partial charge < -0.3 is 10.1 Å². The molecule has 3 rings (SSSR count). The van der Waals surface area contributed by atoms with Crippen molar-refractivity contribution in [2.24, 2.45) is 0 Å². The summed E-state index contributed by atoms with van der Waals surface area (Å²) in [6.45, 7) is 0. The van der Waals surface area contributed by atoms with Crippen molar-refractivity contribution in [1.29, 1.82) is 0 Å². The molecule has 0 aliphatic rings. The summed E-state index contributed by atoms with van der Waals surface area (Å²) in [4.78, 5) is 4.53. The molecule has 0 bridgehead atoms. The molecular formula is C14H10BrClN2OS. The quantitative estimate of drug-likeness (QED) is 0.665. The standard InChI is InChI=1S/C14H10BrClN2OS/c1-19-9-3-5-11-13(7-9)20-14(17-11)18-12-6-8(15)2-4-10(12)16/h2-7H,1H3,(H,17,18). The van der Waals surface area contributed by atoms with Gasteiger partial charge in [0.2, 0.25) is 0 Å². The monoisotopic (exact) mass is 368 g/mol.